The average molecular weight is 365 g/mol. The van der Waals surface area contributed by atoms with Gasteiger partial charge in [-0.1, -0.05) is 54.6 Å². The molecule has 0 radical (unpaired) electrons. The maximum Gasteiger partial charge on any atom is 0.317 e. The van der Waals surface area contributed by atoms with Crippen molar-refractivity contribution in [2.75, 3.05) is 39.3 Å². The predicted octanol–water partition coefficient (Wildman–Crippen LogP) is 1.73. The van der Waals surface area contributed by atoms with Crippen molar-refractivity contribution in [2.45, 2.75) is 6.04 Å². The van der Waals surface area contributed by atoms with Crippen LogP contribution in [-0.4, -0.2) is 50.2 Å². The molecule has 2 heterocycles. The average Bonchev–Trinajstić information content (AvgIpc) is 3.35. The minimum Gasteiger partial charge on any atom is -0.336 e. The summed E-state index contributed by atoms with van der Waals surface area (Å²) in [6, 6.07) is 19.6. The van der Waals surface area contributed by atoms with E-state index in [0.717, 1.165) is 39.3 Å². The number of nitrogens with one attached hydrogen (secondary N) is 4. The number of carbonyl (C=O) groups excluding carboxylic acids is 1. The number of urea groups is 1. The quantitative estimate of drug-likeness (QED) is 0.564. The number of amides is 2. The first kappa shape index (κ1) is 18.0. The van der Waals surface area contributed by atoms with E-state index in [-0.39, 0.29) is 12.1 Å². The van der Waals surface area contributed by atoms with Crippen LogP contribution in [0.4, 0.5) is 4.79 Å². The van der Waals surface area contributed by atoms with Crippen molar-refractivity contribution in [3.05, 3.63) is 60.2 Å². The molecule has 6 heteroatoms. The summed E-state index contributed by atoms with van der Waals surface area (Å²) in [4.78, 5) is 13.4. The fourth-order valence-corrected chi connectivity index (χ4v) is 3.82. The Morgan fingerprint density at radius 2 is 1.81 bits per heavy atom. The van der Waals surface area contributed by atoms with Gasteiger partial charge in [-0.2, -0.15) is 0 Å². The highest BCUT2D eigenvalue weighted by Gasteiger charge is 2.28. The van der Waals surface area contributed by atoms with Gasteiger partial charge in [0.1, 0.15) is 0 Å². The topological polar surface area (TPSA) is 68.4 Å². The highest BCUT2D eigenvalue weighted by atomic mass is 16.2. The van der Waals surface area contributed by atoms with Crippen molar-refractivity contribution >= 4 is 6.03 Å². The van der Waals surface area contributed by atoms with Crippen LogP contribution in [0, 0.1) is 5.92 Å². The number of nitrogens with zero attached hydrogens (tertiary/aromatic N) is 1. The summed E-state index contributed by atoms with van der Waals surface area (Å²) in [6.07, 6.45) is 0. The molecule has 4 N–H and O–H groups in total. The van der Waals surface area contributed by atoms with Crippen LogP contribution in [0.1, 0.15) is 11.6 Å². The van der Waals surface area contributed by atoms with E-state index in [1.165, 1.54) is 16.7 Å². The second-order valence-electron chi connectivity index (χ2n) is 7.17. The van der Waals surface area contributed by atoms with Gasteiger partial charge in [-0.25, -0.2) is 10.2 Å². The fourth-order valence-electron chi connectivity index (χ4n) is 3.82. The van der Waals surface area contributed by atoms with Crippen molar-refractivity contribution in [1.82, 2.24) is 26.4 Å². The summed E-state index contributed by atoms with van der Waals surface area (Å²) >= 11 is 0. The van der Waals surface area contributed by atoms with E-state index >= 15 is 0 Å². The van der Waals surface area contributed by atoms with Crippen molar-refractivity contribution < 1.29 is 4.79 Å². The zero-order valence-corrected chi connectivity index (χ0v) is 15.4. The molecule has 6 nitrogen and oxygen atoms in total. The van der Waals surface area contributed by atoms with Crippen LogP contribution < -0.4 is 21.5 Å². The van der Waals surface area contributed by atoms with E-state index in [1.807, 2.05) is 11.0 Å². The van der Waals surface area contributed by atoms with Crippen LogP contribution >= 0.6 is 0 Å². The normalized spacial score (nSPS) is 22.2. The molecule has 2 atom stereocenters. The number of hydrogen-bond donors (Lipinski definition) is 4. The first-order chi connectivity index (χ1) is 13.3. The highest BCUT2D eigenvalue weighted by Crippen LogP contribution is 2.27. The Hall–Kier alpha value is -2.41. The largest absolute Gasteiger partial charge is 0.336 e. The number of rotatable bonds is 7. The molecule has 4 rings (SSSR count). The minimum absolute atomic E-state index is 0.0531. The summed E-state index contributed by atoms with van der Waals surface area (Å²) < 4.78 is 0. The molecule has 2 unspecified atom stereocenters. The molecule has 0 bridgehead atoms. The van der Waals surface area contributed by atoms with Crippen LogP contribution in [-0.2, 0) is 0 Å². The molecule has 27 heavy (non-hydrogen) atoms. The Labute approximate surface area is 160 Å². The third-order valence-electron chi connectivity index (χ3n) is 5.38. The second kappa shape index (κ2) is 8.52. The highest BCUT2D eigenvalue weighted by molar-refractivity contribution is 5.76. The van der Waals surface area contributed by atoms with Gasteiger partial charge in [0.2, 0.25) is 0 Å². The van der Waals surface area contributed by atoms with E-state index in [2.05, 4.69) is 70.0 Å². The maximum absolute atomic E-state index is 11.6. The van der Waals surface area contributed by atoms with Crippen molar-refractivity contribution in [3.63, 3.8) is 0 Å². The molecule has 2 amide bonds. The molecule has 2 aliphatic heterocycles. The van der Waals surface area contributed by atoms with Crippen LogP contribution in [0.2, 0.25) is 0 Å². The molecular weight excluding hydrogens is 338 g/mol. The van der Waals surface area contributed by atoms with Crippen LogP contribution in [0.3, 0.4) is 0 Å². The molecule has 2 aromatic carbocycles. The predicted molar refractivity (Wildman–Crippen MR) is 107 cm³/mol. The van der Waals surface area contributed by atoms with Crippen LogP contribution in [0.25, 0.3) is 11.1 Å². The molecule has 2 saturated heterocycles. The van der Waals surface area contributed by atoms with Crippen LogP contribution in [0.15, 0.2) is 54.6 Å². The van der Waals surface area contributed by atoms with E-state index in [4.69, 9.17) is 0 Å². The van der Waals surface area contributed by atoms with Crippen molar-refractivity contribution in [1.29, 1.82) is 0 Å². The molecule has 0 spiro atoms. The van der Waals surface area contributed by atoms with Gasteiger partial charge in [-0.3, -0.25) is 5.43 Å². The summed E-state index contributed by atoms with van der Waals surface area (Å²) in [5.41, 5.74) is 10.5. The Morgan fingerprint density at radius 1 is 1.04 bits per heavy atom. The van der Waals surface area contributed by atoms with Gasteiger partial charge in [0.05, 0.1) is 6.04 Å². The molecule has 0 saturated carbocycles. The SMILES string of the molecule is O=C1NCCN1CCNCC1CNNC1c1ccc(-c2ccccc2)cc1. The molecule has 2 fully saturated rings. The zero-order valence-electron chi connectivity index (χ0n) is 15.4. The van der Waals surface area contributed by atoms with Crippen molar-refractivity contribution in [2.24, 2.45) is 5.92 Å². The lowest BCUT2D eigenvalue weighted by atomic mass is 9.93. The minimum atomic E-state index is 0.0531. The van der Waals surface area contributed by atoms with Gasteiger partial charge in [-0.15, -0.1) is 0 Å². The lowest BCUT2D eigenvalue weighted by Gasteiger charge is -2.21. The molecule has 2 aromatic rings. The van der Waals surface area contributed by atoms with Gasteiger partial charge >= 0.3 is 6.03 Å². The molecule has 0 aliphatic carbocycles. The van der Waals surface area contributed by atoms with Gasteiger partial charge in [0.15, 0.2) is 0 Å². The second-order valence-corrected chi connectivity index (χ2v) is 7.17. The fraction of sp³-hybridized carbons (Fsp3) is 0.381. The molecular formula is C21H27N5O. The van der Waals surface area contributed by atoms with Gasteiger partial charge in [0, 0.05) is 45.2 Å². The number of hydrogen-bond acceptors (Lipinski definition) is 4. The van der Waals surface area contributed by atoms with Crippen molar-refractivity contribution in [3.8, 4) is 11.1 Å². The first-order valence-corrected chi connectivity index (χ1v) is 9.68. The molecule has 2 aliphatic rings. The summed E-state index contributed by atoms with van der Waals surface area (Å²) in [5.74, 6) is 0.472. The number of hydrazine groups is 1. The summed E-state index contributed by atoms with van der Waals surface area (Å²) in [6.45, 7) is 5.00. The van der Waals surface area contributed by atoms with E-state index in [0.29, 0.717) is 5.92 Å². The van der Waals surface area contributed by atoms with E-state index in [9.17, 15) is 4.79 Å². The molecule has 142 valence electrons. The van der Waals surface area contributed by atoms with E-state index < -0.39 is 0 Å². The van der Waals surface area contributed by atoms with E-state index in [1.54, 1.807) is 0 Å². The Kier molecular flexibility index (Phi) is 5.67. The summed E-state index contributed by atoms with van der Waals surface area (Å²) in [7, 11) is 0. The summed E-state index contributed by atoms with van der Waals surface area (Å²) in [5, 5.41) is 6.35. The van der Waals surface area contributed by atoms with Crippen LogP contribution in [0.5, 0.6) is 0 Å². The number of benzene rings is 2. The third-order valence-corrected chi connectivity index (χ3v) is 5.38. The smallest absolute Gasteiger partial charge is 0.317 e. The van der Waals surface area contributed by atoms with Gasteiger partial charge in [-0.05, 0) is 16.7 Å². The lowest BCUT2D eigenvalue weighted by Crippen LogP contribution is -2.37. The monoisotopic (exact) mass is 365 g/mol. The maximum atomic E-state index is 11.6. The standard InChI is InChI=1S/C21H27N5O/c27-21-23-11-13-26(21)12-10-22-14-19-15-24-25-20(19)18-8-6-17(7-9-18)16-4-2-1-3-5-16/h1-9,19-20,22,24-25H,10-15H2,(H,23,27). The van der Waals surface area contributed by atoms with Gasteiger partial charge in [0.25, 0.3) is 0 Å². The van der Waals surface area contributed by atoms with Gasteiger partial charge < -0.3 is 15.5 Å². The number of carbonyl (C=O) groups is 1. The molecule has 0 aromatic heterocycles. The first-order valence-electron chi connectivity index (χ1n) is 9.68. The third kappa shape index (κ3) is 4.30. The Morgan fingerprint density at radius 3 is 2.56 bits per heavy atom. The Bertz CT molecular complexity index is 749. The Balaban J connectivity index is 1.30. The zero-order chi connectivity index (χ0) is 18.5. The lowest BCUT2D eigenvalue weighted by molar-refractivity contribution is 0.217.